The number of unbranched alkanes of at least 4 members (excludes halogenated alkanes) is 2. The van der Waals surface area contributed by atoms with Gasteiger partial charge in [-0.15, -0.1) is 24.9 Å². The van der Waals surface area contributed by atoms with Crippen molar-refractivity contribution in [3.63, 3.8) is 0 Å². The molecule has 3 aliphatic heterocycles. The highest BCUT2D eigenvalue weighted by molar-refractivity contribution is 9.09. The minimum absolute atomic E-state index is 0.000476. The van der Waals surface area contributed by atoms with Crippen LogP contribution < -0.4 is 4.90 Å². The molecule has 3 fully saturated rings. The number of thioether (sulfide) groups is 1. The molecule has 3 heterocycles. The number of fused-ring (bicyclic) bond motifs is 1. The van der Waals surface area contributed by atoms with E-state index in [1.54, 1.807) is 50.7 Å². The van der Waals surface area contributed by atoms with Crippen molar-refractivity contribution in [2.24, 2.45) is 11.8 Å². The van der Waals surface area contributed by atoms with Gasteiger partial charge in [-0.2, -0.15) is 0 Å². The molecule has 3 amide bonds. The fourth-order valence-electron chi connectivity index (χ4n) is 6.68. The Morgan fingerprint density at radius 3 is 2.58 bits per heavy atom. The Morgan fingerprint density at radius 1 is 1.20 bits per heavy atom. The number of amides is 3. The Balaban J connectivity index is 1.78. The molecule has 7 nitrogen and oxygen atoms in total. The highest BCUT2D eigenvalue weighted by Gasteiger charge is 2.76. The lowest BCUT2D eigenvalue weighted by Gasteiger charge is -2.38. The van der Waals surface area contributed by atoms with Crippen LogP contribution in [0.5, 0.6) is 0 Å². The van der Waals surface area contributed by atoms with E-state index in [0.717, 1.165) is 12.8 Å². The molecule has 0 saturated carbocycles. The number of carbonyl (C=O) groups is 3. The zero-order valence-electron chi connectivity index (χ0n) is 23.0. The van der Waals surface area contributed by atoms with Gasteiger partial charge in [0.25, 0.3) is 5.91 Å². The Hall–Kier alpha value is -1.81. The van der Waals surface area contributed by atoms with Crippen LogP contribution in [-0.4, -0.2) is 86.3 Å². The third-order valence-corrected chi connectivity index (χ3v) is 11.8. The first-order valence-corrected chi connectivity index (χ1v) is 16.2. The summed E-state index contributed by atoms with van der Waals surface area (Å²) in [6.45, 7) is 11.5. The van der Waals surface area contributed by atoms with Gasteiger partial charge in [0.2, 0.25) is 11.8 Å². The van der Waals surface area contributed by atoms with Crippen LogP contribution in [0.3, 0.4) is 0 Å². The minimum atomic E-state index is -0.748. The molecular formula is C30H39BrClN3O4S. The summed E-state index contributed by atoms with van der Waals surface area (Å²) in [6.07, 6.45) is 6.84. The van der Waals surface area contributed by atoms with Crippen LogP contribution in [0.4, 0.5) is 5.69 Å². The van der Waals surface area contributed by atoms with Gasteiger partial charge in [0, 0.05) is 42.9 Å². The molecule has 0 aliphatic carbocycles. The van der Waals surface area contributed by atoms with Gasteiger partial charge in [0.1, 0.15) is 6.04 Å². The van der Waals surface area contributed by atoms with Crippen LogP contribution >= 0.6 is 39.3 Å². The first-order valence-electron chi connectivity index (χ1n) is 14.1. The van der Waals surface area contributed by atoms with E-state index in [1.165, 1.54) is 0 Å². The van der Waals surface area contributed by atoms with Crippen molar-refractivity contribution >= 4 is 62.7 Å². The molecule has 3 aliphatic rings. The van der Waals surface area contributed by atoms with Crippen molar-refractivity contribution in [1.29, 1.82) is 0 Å². The van der Waals surface area contributed by atoms with E-state index in [2.05, 4.69) is 29.1 Å². The van der Waals surface area contributed by atoms with Gasteiger partial charge in [0.05, 0.1) is 27.3 Å². The van der Waals surface area contributed by atoms with E-state index in [4.69, 9.17) is 11.6 Å². The maximum absolute atomic E-state index is 14.6. The van der Waals surface area contributed by atoms with Gasteiger partial charge in [-0.05, 0) is 44.2 Å². The van der Waals surface area contributed by atoms with E-state index in [1.807, 2.05) is 19.1 Å². The maximum atomic E-state index is 14.6. The number of carbonyl (C=O) groups excluding carboxylic acids is 3. The van der Waals surface area contributed by atoms with Crippen molar-refractivity contribution in [2.45, 2.75) is 59.9 Å². The predicted molar refractivity (Wildman–Crippen MR) is 166 cm³/mol. The van der Waals surface area contributed by atoms with Gasteiger partial charge in [0.15, 0.2) is 0 Å². The van der Waals surface area contributed by atoms with Crippen LogP contribution in [0.25, 0.3) is 0 Å². The lowest BCUT2D eigenvalue weighted by molar-refractivity contribution is -0.143. The third kappa shape index (κ3) is 5.51. The van der Waals surface area contributed by atoms with E-state index in [0.29, 0.717) is 49.6 Å². The molecule has 4 rings (SSSR count). The number of likely N-dealkylation sites (tertiary alicyclic amines) is 1. The van der Waals surface area contributed by atoms with E-state index in [-0.39, 0.29) is 41.0 Å². The first-order chi connectivity index (χ1) is 19.3. The first kappa shape index (κ1) is 31.1. The summed E-state index contributed by atoms with van der Waals surface area (Å²) in [5, 5.41) is 9.63. The number of alkyl halides is 1. The number of benzene rings is 1. The second kappa shape index (κ2) is 13.4. The van der Waals surface area contributed by atoms with Gasteiger partial charge >= 0.3 is 0 Å². The number of anilines is 1. The fourth-order valence-corrected chi connectivity index (χ4v) is 10.5. The summed E-state index contributed by atoms with van der Waals surface area (Å²) in [4.78, 5) is 48.2. The largest absolute Gasteiger partial charge is 0.396 e. The molecule has 3 saturated heterocycles. The van der Waals surface area contributed by atoms with Crippen molar-refractivity contribution in [3.05, 3.63) is 54.6 Å². The van der Waals surface area contributed by atoms with Crippen LogP contribution in [-0.2, 0) is 14.4 Å². The number of nitrogens with zero attached hydrogens (tertiary/aromatic N) is 3. The average Bonchev–Trinajstić information content (AvgIpc) is 3.52. The van der Waals surface area contributed by atoms with Crippen molar-refractivity contribution in [1.82, 2.24) is 9.80 Å². The van der Waals surface area contributed by atoms with E-state index in [9.17, 15) is 19.5 Å². The number of hydrogen-bond donors (Lipinski definition) is 1. The molecule has 10 heteroatoms. The molecular weight excluding hydrogens is 614 g/mol. The fraction of sp³-hybridized carbons (Fsp3) is 0.567. The molecule has 3 unspecified atom stereocenters. The Bertz CT molecular complexity index is 1140. The molecule has 0 aromatic heterocycles. The highest BCUT2D eigenvalue weighted by Crippen LogP contribution is 2.68. The lowest BCUT2D eigenvalue weighted by atomic mass is 9.70. The maximum Gasteiger partial charge on any atom is 0.251 e. The van der Waals surface area contributed by atoms with E-state index >= 15 is 0 Å². The van der Waals surface area contributed by atoms with Crippen LogP contribution in [0, 0.1) is 11.8 Å². The quantitative estimate of drug-likeness (QED) is 0.176. The number of halogens is 2. The molecule has 6 atom stereocenters. The minimum Gasteiger partial charge on any atom is -0.396 e. The number of aliphatic hydroxyl groups excluding tert-OH is 1. The summed E-state index contributed by atoms with van der Waals surface area (Å²) in [5.74, 6) is -1.47. The molecule has 0 radical (unpaired) electrons. The van der Waals surface area contributed by atoms with Crippen LogP contribution in [0.2, 0.25) is 5.02 Å². The molecule has 1 spiro atoms. The monoisotopic (exact) mass is 651 g/mol. The second-order valence-electron chi connectivity index (χ2n) is 10.7. The van der Waals surface area contributed by atoms with Crippen LogP contribution in [0.15, 0.2) is 49.6 Å². The molecule has 1 N–H and O–H groups in total. The third-order valence-electron chi connectivity index (χ3n) is 8.24. The van der Waals surface area contributed by atoms with Gasteiger partial charge in [-0.3, -0.25) is 14.4 Å². The predicted octanol–water partition coefficient (Wildman–Crippen LogP) is 4.91. The number of rotatable bonds is 14. The Labute approximate surface area is 255 Å². The standard InChI is InChI=1S/C30H39BrClN3O4S/c1-4-14-33(15-5-2)27(37)23-24-28(38)35(17-10-7-11-18-36)26(30(24)19-20(31)25(23)40-30)29(39)34(16-6-3)22-13-9-8-12-21(22)32/h4,6,8-9,12-13,20,23-26,36H,1,3,5,7,10-11,14-19H2,2H3/t20?,23-,24+,25-,26?,30?/m1/s1. The van der Waals surface area contributed by atoms with Crippen LogP contribution in [0.1, 0.15) is 39.0 Å². The smallest absolute Gasteiger partial charge is 0.251 e. The van der Waals surface area contributed by atoms with Crippen molar-refractivity contribution in [3.8, 4) is 0 Å². The summed E-state index contributed by atoms with van der Waals surface area (Å²) in [7, 11) is 0. The van der Waals surface area contributed by atoms with Gasteiger partial charge in [-0.25, -0.2) is 0 Å². The number of aliphatic hydroxyl groups is 1. The zero-order valence-corrected chi connectivity index (χ0v) is 26.2. The molecule has 218 valence electrons. The average molecular weight is 653 g/mol. The lowest BCUT2D eigenvalue weighted by Crippen LogP contribution is -2.56. The summed E-state index contributed by atoms with van der Waals surface area (Å²) < 4.78 is -0.739. The summed E-state index contributed by atoms with van der Waals surface area (Å²) >= 11 is 12.0. The topological polar surface area (TPSA) is 81.2 Å². The number of para-hydroxylation sites is 1. The highest BCUT2D eigenvalue weighted by atomic mass is 79.9. The summed E-state index contributed by atoms with van der Waals surface area (Å²) in [6, 6.07) is 6.45. The SMILES string of the molecule is C=CCN(CCC)C(=O)[C@H]1[C@@H]2SC3(CC2Br)C(C(=O)N(CC=C)c2ccccc2Cl)N(CCCCCO)C(=O)[C@H]13. The molecule has 2 bridgehead atoms. The Morgan fingerprint density at radius 2 is 1.93 bits per heavy atom. The molecule has 1 aromatic carbocycles. The summed E-state index contributed by atoms with van der Waals surface area (Å²) in [5.41, 5.74) is 0.572. The number of hydrogen-bond acceptors (Lipinski definition) is 5. The van der Waals surface area contributed by atoms with Crippen molar-refractivity contribution < 1.29 is 19.5 Å². The Kier molecular flexibility index (Phi) is 10.5. The van der Waals surface area contributed by atoms with E-state index < -0.39 is 22.6 Å². The zero-order chi connectivity index (χ0) is 29.0. The van der Waals surface area contributed by atoms with Gasteiger partial charge < -0.3 is 19.8 Å². The molecule has 1 aromatic rings. The second-order valence-corrected chi connectivity index (χ2v) is 13.9. The van der Waals surface area contributed by atoms with Gasteiger partial charge in [-0.1, -0.05) is 58.7 Å². The molecule has 40 heavy (non-hydrogen) atoms. The normalized spacial score (nSPS) is 28.4. The van der Waals surface area contributed by atoms with Crippen molar-refractivity contribution in [2.75, 3.05) is 37.7 Å².